The van der Waals surface area contributed by atoms with E-state index in [4.69, 9.17) is 33.4 Å². The van der Waals surface area contributed by atoms with Crippen molar-refractivity contribution < 1.29 is 9.21 Å². The number of nitriles is 1. The van der Waals surface area contributed by atoms with Crippen molar-refractivity contribution in [3.63, 3.8) is 0 Å². The average Bonchev–Trinajstić information content (AvgIpc) is 3.21. The van der Waals surface area contributed by atoms with Gasteiger partial charge in [-0.15, -0.1) is 0 Å². The molecule has 0 radical (unpaired) electrons. The summed E-state index contributed by atoms with van der Waals surface area (Å²) < 4.78 is 6.11. The molecule has 1 amide bonds. The number of anilines is 2. The van der Waals surface area contributed by atoms with Crippen molar-refractivity contribution in [2.75, 3.05) is 11.4 Å². The monoisotopic (exact) mass is 503 g/mol. The second-order valence-corrected chi connectivity index (χ2v) is 9.43. The zero-order valence-electron chi connectivity index (χ0n) is 19.3. The molecule has 0 aliphatic rings. The molecule has 0 atom stereocenters. The molecule has 0 aliphatic heterocycles. The Bertz CT molecular complexity index is 1450. The molecular weight excluding hydrogens is 481 g/mol. The van der Waals surface area contributed by atoms with E-state index in [0.29, 0.717) is 39.0 Å². The van der Waals surface area contributed by atoms with E-state index in [-0.39, 0.29) is 11.5 Å². The Labute approximate surface area is 214 Å². The molecule has 0 saturated heterocycles. The standard InChI is InChI=1S/C28H23Cl2N3O2/c1-17(2)16-33(28-26(27(32)34)24-14-22(30)9-12-25(24)35-28)23-10-5-19(6-11-23)20(15-31)13-18-3-7-21(29)8-4-18/h3-14,17H,16H2,1-2H3,(H2,32,34)/b20-13+. The first-order valence-corrected chi connectivity index (χ1v) is 11.8. The second-order valence-electron chi connectivity index (χ2n) is 8.56. The molecule has 0 bridgehead atoms. The number of hydrogen-bond acceptors (Lipinski definition) is 4. The van der Waals surface area contributed by atoms with Crippen LogP contribution >= 0.6 is 23.2 Å². The number of carbonyl (C=O) groups is 1. The van der Waals surface area contributed by atoms with Crippen LogP contribution in [0.1, 0.15) is 35.3 Å². The van der Waals surface area contributed by atoms with Crippen molar-refractivity contribution in [3.8, 4) is 6.07 Å². The van der Waals surface area contributed by atoms with Crippen molar-refractivity contribution in [1.29, 1.82) is 5.26 Å². The second kappa shape index (κ2) is 10.3. The van der Waals surface area contributed by atoms with E-state index in [1.54, 1.807) is 30.3 Å². The Kier molecular flexibility index (Phi) is 7.16. The number of nitrogens with two attached hydrogens (primary N) is 1. The highest BCUT2D eigenvalue weighted by molar-refractivity contribution is 6.31. The van der Waals surface area contributed by atoms with Gasteiger partial charge in [0.1, 0.15) is 11.1 Å². The van der Waals surface area contributed by atoms with Crippen molar-refractivity contribution in [2.24, 2.45) is 11.7 Å². The molecule has 0 fully saturated rings. The van der Waals surface area contributed by atoms with Gasteiger partial charge in [-0.25, -0.2) is 0 Å². The summed E-state index contributed by atoms with van der Waals surface area (Å²) in [7, 11) is 0. The third-order valence-electron chi connectivity index (χ3n) is 5.46. The summed E-state index contributed by atoms with van der Waals surface area (Å²) in [6.45, 7) is 4.74. The lowest BCUT2D eigenvalue weighted by Gasteiger charge is -2.25. The molecule has 4 rings (SSSR count). The summed E-state index contributed by atoms with van der Waals surface area (Å²) >= 11 is 12.1. The van der Waals surface area contributed by atoms with Gasteiger partial charge in [-0.2, -0.15) is 5.26 Å². The van der Waals surface area contributed by atoms with Gasteiger partial charge in [0.2, 0.25) is 5.88 Å². The van der Waals surface area contributed by atoms with E-state index in [0.717, 1.165) is 16.8 Å². The fourth-order valence-electron chi connectivity index (χ4n) is 3.88. The molecule has 1 aromatic heterocycles. The maximum Gasteiger partial charge on any atom is 0.254 e. The van der Waals surface area contributed by atoms with Crippen LogP contribution in [0, 0.1) is 17.2 Å². The third kappa shape index (κ3) is 5.35. The van der Waals surface area contributed by atoms with Crippen LogP contribution in [-0.4, -0.2) is 12.5 Å². The molecule has 0 saturated carbocycles. The summed E-state index contributed by atoms with van der Waals surface area (Å²) in [6, 6.07) is 22.2. The molecule has 176 valence electrons. The van der Waals surface area contributed by atoms with Gasteiger partial charge in [-0.3, -0.25) is 4.79 Å². The topological polar surface area (TPSA) is 83.3 Å². The van der Waals surface area contributed by atoms with E-state index in [1.165, 1.54) is 0 Å². The lowest BCUT2D eigenvalue weighted by atomic mass is 10.0. The predicted molar refractivity (Wildman–Crippen MR) is 143 cm³/mol. The zero-order valence-corrected chi connectivity index (χ0v) is 20.8. The number of allylic oxidation sites excluding steroid dienone is 1. The number of primary amides is 1. The minimum Gasteiger partial charge on any atom is -0.439 e. The molecule has 5 nitrogen and oxygen atoms in total. The number of furan rings is 1. The lowest BCUT2D eigenvalue weighted by molar-refractivity contribution is 0.100. The van der Waals surface area contributed by atoms with Gasteiger partial charge >= 0.3 is 0 Å². The molecule has 4 aromatic rings. The molecule has 0 aliphatic carbocycles. The Hall–Kier alpha value is -3.72. The first-order chi connectivity index (χ1) is 16.8. The van der Waals surface area contributed by atoms with E-state index < -0.39 is 5.91 Å². The van der Waals surface area contributed by atoms with Crippen LogP contribution in [0.5, 0.6) is 0 Å². The maximum absolute atomic E-state index is 12.4. The number of amides is 1. The van der Waals surface area contributed by atoms with Crippen LogP contribution in [0.25, 0.3) is 22.6 Å². The summed E-state index contributed by atoms with van der Waals surface area (Å²) in [6.07, 6.45) is 1.81. The quantitative estimate of drug-likeness (QED) is 0.207. The van der Waals surface area contributed by atoms with Crippen LogP contribution < -0.4 is 10.6 Å². The van der Waals surface area contributed by atoms with E-state index in [2.05, 4.69) is 19.9 Å². The molecule has 0 unspecified atom stereocenters. The van der Waals surface area contributed by atoms with Gasteiger partial charge in [-0.05, 0) is 65.6 Å². The number of nitrogens with zero attached hydrogens (tertiary/aromatic N) is 2. The number of hydrogen-bond donors (Lipinski definition) is 1. The van der Waals surface area contributed by atoms with E-state index in [1.807, 2.05) is 47.4 Å². The smallest absolute Gasteiger partial charge is 0.254 e. The summed E-state index contributed by atoms with van der Waals surface area (Å²) in [4.78, 5) is 14.4. The van der Waals surface area contributed by atoms with Crippen LogP contribution in [0.2, 0.25) is 10.0 Å². The highest BCUT2D eigenvalue weighted by Gasteiger charge is 2.25. The van der Waals surface area contributed by atoms with Gasteiger partial charge in [-0.1, -0.05) is 61.3 Å². The molecule has 7 heteroatoms. The van der Waals surface area contributed by atoms with Crippen molar-refractivity contribution in [2.45, 2.75) is 13.8 Å². The molecule has 2 N–H and O–H groups in total. The lowest BCUT2D eigenvalue weighted by Crippen LogP contribution is -2.25. The van der Waals surface area contributed by atoms with Crippen molar-refractivity contribution in [3.05, 3.63) is 93.5 Å². The molecule has 35 heavy (non-hydrogen) atoms. The first-order valence-electron chi connectivity index (χ1n) is 11.0. The van der Waals surface area contributed by atoms with Gasteiger partial charge < -0.3 is 15.1 Å². The number of rotatable bonds is 7. The van der Waals surface area contributed by atoms with Gasteiger partial charge in [0, 0.05) is 27.7 Å². The van der Waals surface area contributed by atoms with Gasteiger partial charge in [0.15, 0.2) is 0 Å². The Morgan fingerprint density at radius 3 is 2.31 bits per heavy atom. The summed E-state index contributed by atoms with van der Waals surface area (Å²) in [5, 5.41) is 11.4. The fraction of sp³-hybridized carbons (Fsp3) is 0.143. The Morgan fingerprint density at radius 1 is 1.06 bits per heavy atom. The van der Waals surface area contributed by atoms with Crippen LogP contribution in [-0.2, 0) is 0 Å². The average molecular weight is 504 g/mol. The summed E-state index contributed by atoms with van der Waals surface area (Å²) in [5.74, 6) is 0.0316. The Balaban J connectivity index is 1.76. The summed E-state index contributed by atoms with van der Waals surface area (Å²) in [5.41, 5.74) is 9.55. The first kappa shape index (κ1) is 24.4. The van der Waals surface area contributed by atoms with E-state index >= 15 is 0 Å². The molecule has 1 heterocycles. The van der Waals surface area contributed by atoms with Crippen LogP contribution in [0.3, 0.4) is 0 Å². The number of carbonyl (C=O) groups excluding carboxylic acids is 1. The number of fused-ring (bicyclic) bond motifs is 1. The van der Waals surface area contributed by atoms with Crippen molar-refractivity contribution >= 4 is 63.3 Å². The normalized spacial score (nSPS) is 11.6. The molecule has 0 spiro atoms. The predicted octanol–water partition coefficient (Wildman–Crippen LogP) is 7.70. The van der Waals surface area contributed by atoms with Crippen LogP contribution in [0.4, 0.5) is 11.6 Å². The molecular formula is C28H23Cl2N3O2. The van der Waals surface area contributed by atoms with Crippen LogP contribution in [0.15, 0.2) is 71.1 Å². The largest absolute Gasteiger partial charge is 0.439 e. The SMILES string of the molecule is CC(C)CN(c1ccc(/C(C#N)=C/c2ccc(Cl)cc2)cc1)c1oc2ccc(Cl)cc2c1C(N)=O. The highest BCUT2D eigenvalue weighted by Crippen LogP contribution is 2.38. The van der Waals surface area contributed by atoms with Crippen molar-refractivity contribution in [1.82, 2.24) is 0 Å². The number of benzene rings is 3. The minimum atomic E-state index is -0.593. The third-order valence-corrected chi connectivity index (χ3v) is 5.95. The van der Waals surface area contributed by atoms with Gasteiger partial charge in [0.25, 0.3) is 5.91 Å². The highest BCUT2D eigenvalue weighted by atomic mass is 35.5. The molecule has 3 aromatic carbocycles. The maximum atomic E-state index is 12.4. The zero-order chi connectivity index (χ0) is 25.1. The van der Waals surface area contributed by atoms with Gasteiger partial charge in [0.05, 0.1) is 11.6 Å². The van der Waals surface area contributed by atoms with E-state index in [9.17, 15) is 10.1 Å². The Morgan fingerprint density at radius 2 is 1.71 bits per heavy atom. The minimum absolute atomic E-state index is 0.256. The fourth-order valence-corrected chi connectivity index (χ4v) is 4.18. The number of halogens is 2.